The number of hydrogen-bond donors (Lipinski definition) is 1. The zero-order chi connectivity index (χ0) is 9.61. The quantitative estimate of drug-likeness (QED) is 0.400. The molecule has 0 amide bonds. The van der Waals surface area contributed by atoms with Gasteiger partial charge >= 0.3 is 6.18 Å². The van der Waals surface area contributed by atoms with Gasteiger partial charge in [0.15, 0.2) is 6.61 Å². The van der Waals surface area contributed by atoms with Crippen LogP contribution in [0.25, 0.3) is 0 Å². The lowest BCUT2D eigenvalue weighted by Gasteiger charge is -2.08. The Morgan fingerprint density at radius 1 is 1.42 bits per heavy atom. The van der Waals surface area contributed by atoms with Gasteiger partial charge in [0.2, 0.25) is 0 Å². The van der Waals surface area contributed by atoms with E-state index in [-0.39, 0.29) is 18.8 Å². The van der Waals surface area contributed by atoms with Crippen molar-refractivity contribution in [3.05, 3.63) is 12.3 Å². The second kappa shape index (κ2) is 5.00. The Bertz CT molecular complexity index is 143. The Labute approximate surface area is 67.3 Å². The number of aliphatic hydroxyl groups is 1. The van der Waals surface area contributed by atoms with Crippen molar-refractivity contribution >= 4 is 0 Å². The van der Waals surface area contributed by atoms with E-state index in [9.17, 15) is 13.2 Å². The predicted octanol–water partition coefficient (Wildman–Crippen LogP) is 1.39. The van der Waals surface area contributed by atoms with Gasteiger partial charge in [0.1, 0.15) is 5.76 Å². The van der Waals surface area contributed by atoms with Crippen LogP contribution in [-0.4, -0.2) is 24.5 Å². The van der Waals surface area contributed by atoms with Crippen molar-refractivity contribution in [1.82, 2.24) is 0 Å². The smallest absolute Gasteiger partial charge is 0.396 e. The van der Waals surface area contributed by atoms with Crippen LogP contribution in [0, 0.1) is 0 Å². The second-order valence-corrected chi connectivity index (χ2v) is 1.97. The molecule has 3 nitrogen and oxygen atoms in total. The first-order chi connectivity index (χ1) is 5.45. The third kappa shape index (κ3) is 7.36. The van der Waals surface area contributed by atoms with Gasteiger partial charge in [0.25, 0.3) is 0 Å². The molecular weight excluding hydrogens is 177 g/mol. The fourth-order valence-electron chi connectivity index (χ4n) is 0.346. The molecule has 0 heterocycles. The predicted molar refractivity (Wildman–Crippen MR) is 33.9 cm³/mol. The topological polar surface area (TPSA) is 38.7 Å². The van der Waals surface area contributed by atoms with Crippen LogP contribution in [0.1, 0.15) is 6.42 Å². The van der Waals surface area contributed by atoms with E-state index >= 15 is 0 Å². The molecule has 0 saturated heterocycles. The van der Waals surface area contributed by atoms with Crippen molar-refractivity contribution in [2.24, 2.45) is 0 Å². The maximum Gasteiger partial charge on any atom is 0.415 e. The average Bonchev–Trinajstić information content (AvgIpc) is 1.84. The summed E-state index contributed by atoms with van der Waals surface area (Å²) < 4.78 is 34.2. The summed E-state index contributed by atoms with van der Waals surface area (Å²) in [5.74, 6) is -0.0400. The minimum absolute atomic E-state index is 0.0400. The fraction of sp³-hybridized carbons (Fsp3) is 0.667. The van der Waals surface area contributed by atoms with E-state index in [0.29, 0.717) is 0 Å². The standard InChI is InChI=1S/C6H9F3O3/c1-5(2-3-10)12-11-4-6(7,8)9/h10H,1-4H2. The molecule has 1 N–H and O–H groups in total. The van der Waals surface area contributed by atoms with Crippen LogP contribution in [0.2, 0.25) is 0 Å². The molecule has 0 fully saturated rings. The van der Waals surface area contributed by atoms with Crippen LogP contribution in [-0.2, 0) is 9.78 Å². The fourth-order valence-corrected chi connectivity index (χ4v) is 0.346. The molecule has 0 aromatic rings. The Balaban J connectivity index is 3.37. The van der Waals surface area contributed by atoms with E-state index in [0.717, 1.165) is 0 Å². The van der Waals surface area contributed by atoms with Crippen LogP contribution in [0.3, 0.4) is 0 Å². The third-order valence-electron chi connectivity index (χ3n) is 0.790. The number of hydrogen-bond acceptors (Lipinski definition) is 3. The molecule has 12 heavy (non-hydrogen) atoms. The number of aliphatic hydroxyl groups excluding tert-OH is 1. The lowest BCUT2D eigenvalue weighted by Crippen LogP contribution is -2.17. The van der Waals surface area contributed by atoms with Gasteiger partial charge in [-0.1, -0.05) is 6.58 Å². The summed E-state index contributed by atoms with van der Waals surface area (Å²) >= 11 is 0. The first-order valence-corrected chi connectivity index (χ1v) is 3.10. The summed E-state index contributed by atoms with van der Waals surface area (Å²) in [6, 6.07) is 0. The highest BCUT2D eigenvalue weighted by Gasteiger charge is 2.28. The van der Waals surface area contributed by atoms with Gasteiger partial charge in [-0.25, -0.2) is 0 Å². The van der Waals surface area contributed by atoms with Crippen LogP contribution in [0.15, 0.2) is 12.3 Å². The number of halogens is 3. The molecule has 0 aliphatic carbocycles. The molecule has 0 aliphatic heterocycles. The van der Waals surface area contributed by atoms with Crippen molar-refractivity contribution in [2.45, 2.75) is 12.6 Å². The number of alkyl halides is 3. The van der Waals surface area contributed by atoms with Crippen molar-refractivity contribution in [2.75, 3.05) is 13.2 Å². The Morgan fingerprint density at radius 3 is 2.42 bits per heavy atom. The summed E-state index contributed by atoms with van der Waals surface area (Å²) in [6.45, 7) is 1.46. The van der Waals surface area contributed by atoms with Crippen LogP contribution < -0.4 is 0 Å². The Morgan fingerprint density at radius 2 is 2.00 bits per heavy atom. The highest BCUT2D eigenvalue weighted by atomic mass is 19.4. The average molecular weight is 186 g/mol. The third-order valence-corrected chi connectivity index (χ3v) is 0.790. The monoisotopic (exact) mass is 186 g/mol. The molecular formula is C6H9F3O3. The van der Waals surface area contributed by atoms with Crippen molar-refractivity contribution in [3.63, 3.8) is 0 Å². The van der Waals surface area contributed by atoms with Gasteiger partial charge < -0.3 is 9.99 Å². The lowest BCUT2D eigenvalue weighted by molar-refractivity contribution is -0.319. The maximum absolute atomic E-state index is 11.4. The zero-order valence-electron chi connectivity index (χ0n) is 6.23. The van der Waals surface area contributed by atoms with Crippen molar-refractivity contribution in [3.8, 4) is 0 Å². The normalized spacial score (nSPS) is 11.3. The first kappa shape index (κ1) is 11.2. The maximum atomic E-state index is 11.4. The van der Waals surface area contributed by atoms with E-state index < -0.39 is 12.8 Å². The summed E-state index contributed by atoms with van der Waals surface area (Å²) in [5.41, 5.74) is 0. The minimum Gasteiger partial charge on any atom is -0.396 e. The highest BCUT2D eigenvalue weighted by Crippen LogP contribution is 2.15. The van der Waals surface area contributed by atoms with Crippen molar-refractivity contribution in [1.29, 1.82) is 0 Å². The molecule has 0 aromatic carbocycles. The molecule has 0 bridgehead atoms. The highest BCUT2D eigenvalue weighted by molar-refractivity contribution is 4.79. The molecule has 6 heteroatoms. The molecule has 0 unspecified atom stereocenters. The zero-order valence-corrected chi connectivity index (χ0v) is 6.23. The van der Waals surface area contributed by atoms with E-state index in [1.54, 1.807) is 0 Å². The van der Waals surface area contributed by atoms with Gasteiger partial charge in [-0.2, -0.15) is 18.1 Å². The van der Waals surface area contributed by atoms with Gasteiger partial charge in [0.05, 0.1) is 6.61 Å². The van der Waals surface area contributed by atoms with Crippen LogP contribution in [0.4, 0.5) is 13.2 Å². The molecule has 0 aliphatic rings. The molecule has 72 valence electrons. The molecule has 0 atom stereocenters. The molecule has 0 rings (SSSR count). The van der Waals surface area contributed by atoms with Crippen LogP contribution >= 0.6 is 0 Å². The number of rotatable bonds is 5. The van der Waals surface area contributed by atoms with E-state index in [1.807, 2.05) is 0 Å². The lowest BCUT2D eigenvalue weighted by atomic mass is 10.4. The molecule has 0 spiro atoms. The summed E-state index contributed by atoms with van der Waals surface area (Å²) in [4.78, 5) is 7.86. The van der Waals surface area contributed by atoms with E-state index in [4.69, 9.17) is 5.11 Å². The van der Waals surface area contributed by atoms with Gasteiger partial charge in [-0.05, 0) is 0 Å². The summed E-state index contributed by atoms with van der Waals surface area (Å²) in [5, 5.41) is 8.28. The van der Waals surface area contributed by atoms with Crippen LogP contribution in [0.5, 0.6) is 0 Å². The first-order valence-electron chi connectivity index (χ1n) is 3.10. The van der Waals surface area contributed by atoms with Gasteiger partial charge in [-0.3, -0.25) is 0 Å². The Hall–Kier alpha value is -0.750. The molecule has 0 saturated carbocycles. The van der Waals surface area contributed by atoms with E-state index in [1.165, 1.54) is 0 Å². The Kier molecular flexibility index (Phi) is 4.68. The van der Waals surface area contributed by atoms with E-state index in [2.05, 4.69) is 16.4 Å². The molecule has 0 radical (unpaired) electrons. The summed E-state index contributed by atoms with van der Waals surface area (Å²) in [6.07, 6.45) is -4.36. The van der Waals surface area contributed by atoms with Crippen molar-refractivity contribution < 1.29 is 28.1 Å². The molecule has 0 aromatic heterocycles. The van der Waals surface area contributed by atoms with Gasteiger partial charge in [-0.15, -0.1) is 0 Å². The largest absolute Gasteiger partial charge is 0.415 e. The summed E-state index contributed by atoms with van der Waals surface area (Å²) in [7, 11) is 0. The minimum atomic E-state index is -4.42. The van der Waals surface area contributed by atoms with Gasteiger partial charge in [0, 0.05) is 6.42 Å². The second-order valence-electron chi connectivity index (χ2n) is 1.97. The SMILES string of the molecule is C=C(CCO)OOCC(F)(F)F.